The molecule has 12 heteroatoms. The zero-order valence-corrected chi connectivity index (χ0v) is 13.8. The molecule has 1 heterocycles. The summed E-state index contributed by atoms with van der Waals surface area (Å²) in [6.45, 7) is 1.72. The molecule has 2 rings (SSSR count). The summed E-state index contributed by atoms with van der Waals surface area (Å²) in [6.07, 6.45) is -4.72. The molecule has 0 radical (unpaired) electrons. The van der Waals surface area contributed by atoms with Crippen molar-refractivity contribution in [3.63, 3.8) is 0 Å². The van der Waals surface area contributed by atoms with Crippen LogP contribution in [0.3, 0.4) is 0 Å². The van der Waals surface area contributed by atoms with Crippen LogP contribution in [-0.4, -0.2) is 31.3 Å². The van der Waals surface area contributed by atoms with E-state index in [-0.39, 0.29) is 11.4 Å². The van der Waals surface area contributed by atoms with Crippen molar-refractivity contribution in [3.05, 3.63) is 39.7 Å². The molecule has 1 N–H and O–H groups in total. The van der Waals surface area contributed by atoms with Crippen molar-refractivity contribution in [2.24, 2.45) is 7.05 Å². The Bertz CT molecular complexity index is 822. The van der Waals surface area contributed by atoms with Crippen LogP contribution < -0.4 is 5.32 Å². The van der Waals surface area contributed by atoms with Gasteiger partial charge >= 0.3 is 6.18 Å². The summed E-state index contributed by atoms with van der Waals surface area (Å²) in [5.41, 5.74) is -2.30. The minimum Gasteiger partial charge on any atom is -0.320 e. The van der Waals surface area contributed by atoms with E-state index in [1.165, 1.54) is 0 Å². The van der Waals surface area contributed by atoms with E-state index in [4.69, 9.17) is 0 Å². The molecule has 0 aliphatic carbocycles. The first-order valence-electron chi connectivity index (χ1n) is 6.74. The van der Waals surface area contributed by atoms with E-state index in [2.05, 4.69) is 15.5 Å². The summed E-state index contributed by atoms with van der Waals surface area (Å²) in [7, 11) is 1.70. The molecule has 0 spiro atoms. The number of amides is 1. The Labute approximate surface area is 143 Å². The highest BCUT2D eigenvalue weighted by atomic mass is 32.2. The van der Waals surface area contributed by atoms with E-state index in [0.29, 0.717) is 23.1 Å². The number of nitrogens with zero attached hydrogens (tertiary/aromatic N) is 4. The molecule has 1 aromatic heterocycles. The van der Waals surface area contributed by atoms with Crippen LogP contribution in [0.15, 0.2) is 23.4 Å². The van der Waals surface area contributed by atoms with Crippen LogP contribution in [0.25, 0.3) is 0 Å². The predicted molar refractivity (Wildman–Crippen MR) is 83.2 cm³/mol. The quantitative estimate of drug-likeness (QED) is 0.490. The van der Waals surface area contributed by atoms with Gasteiger partial charge in [0.15, 0.2) is 5.16 Å². The first-order chi connectivity index (χ1) is 11.6. The van der Waals surface area contributed by atoms with Gasteiger partial charge in [0.25, 0.3) is 5.69 Å². The zero-order valence-electron chi connectivity index (χ0n) is 13.0. The Hall–Kier alpha value is -2.63. The molecule has 25 heavy (non-hydrogen) atoms. The van der Waals surface area contributed by atoms with E-state index >= 15 is 0 Å². The van der Waals surface area contributed by atoms with Crippen LogP contribution in [-0.2, 0) is 18.0 Å². The predicted octanol–water partition coefficient (Wildman–Crippen LogP) is 2.78. The fraction of sp³-hybridized carbons (Fsp3) is 0.308. The molecule has 134 valence electrons. The highest BCUT2D eigenvalue weighted by Gasteiger charge is 2.33. The van der Waals surface area contributed by atoms with Crippen molar-refractivity contribution < 1.29 is 22.9 Å². The van der Waals surface area contributed by atoms with Gasteiger partial charge in [-0.1, -0.05) is 11.8 Å². The molecule has 0 aliphatic heterocycles. The second kappa shape index (κ2) is 7.09. The average Bonchev–Trinajstić information content (AvgIpc) is 2.83. The van der Waals surface area contributed by atoms with Gasteiger partial charge in [-0.25, -0.2) is 0 Å². The van der Waals surface area contributed by atoms with Crippen LogP contribution in [0.4, 0.5) is 24.5 Å². The molecule has 0 unspecified atom stereocenters. The molecule has 0 saturated heterocycles. The molecule has 0 saturated carbocycles. The number of anilines is 1. The summed E-state index contributed by atoms with van der Waals surface area (Å²) >= 11 is 1.04. The van der Waals surface area contributed by atoms with Crippen molar-refractivity contribution in [1.29, 1.82) is 0 Å². The number of aryl methyl sites for hydroxylation is 1. The number of nitro benzene ring substituents is 1. The normalized spacial score (nSPS) is 11.4. The molecule has 0 fully saturated rings. The van der Waals surface area contributed by atoms with E-state index in [1.54, 1.807) is 18.5 Å². The van der Waals surface area contributed by atoms with Gasteiger partial charge in [0.2, 0.25) is 5.91 Å². The Kier molecular flexibility index (Phi) is 5.30. The van der Waals surface area contributed by atoms with Crippen LogP contribution in [0, 0.1) is 17.0 Å². The number of carbonyl (C=O) groups excluding carboxylic acids is 1. The maximum atomic E-state index is 12.6. The van der Waals surface area contributed by atoms with Crippen LogP contribution in [0.1, 0.15) is 11.4 Å². The largest absolute Gasteiger partial charge is 0.416 e. The molecule has 1 amide bonds. The summed E-state index contributed by atoms with van der Waals surface area (Å²) in [5.74, 6) is -0.112. The molecule has 2 aromatic rings. The third-order valence-corrected chi connectivity index (χ3v) is 4.20. The smallest absolute Gasteiger partial charge is 0.320 e. The van der Waals surface area contributed by atoms with Gasteiger partial charge in [0.05, 0.1) is 16.2 Å². The van der Waals surface area contributed by atoms with Crippen molar-refractivity contribution >= 4 is 29.0 Å². The van der Waals surface area contributed by atoms with Crippen molar-refractivity contribution in [2.45, 2.75) is 18.3 Å². The lowest BCUT2D eigenvalue weighted by molar-refractivity contribution is -0.384. The summed E-state index contributed by atoms with van der Waals surface area (Å²) in [5, 5.41) is 21.3. The van der Waals surface area contributed by atoms with E-state index in [0.717, 1.165) is 17.8 Å². The Morgan fingerprint density at radius 2 is 2.08 bits per heavy atom. The summed E-state index contributed by atoms with van der Waals surface area (Å²) in [6, 6.07) is 1.91. The highest BCUT2D eigenvalue weighted by molar-refractivity contribution is 7.99. The molecule has 0 bridgehead atoms. The fourth-order valence-electron chi connectivity index (χ4n) is 1.79. The SMILES string of the molecule is Cc1nnc(SCC(=O)Nc2ccc(C(F)(F)F)cc2[N+](=O)[O-])n1C. The van der Waals surface area contributed by atoms with Gasteiger partial charge in [-0.3, -0.25) is 14.9 Å². The van der Waals surface area contributed by atoms with Gasteiger partial charge < -0.3 is 9.88 Å². The number of nitro groups is 1. The van der Waals surface area contributed by atoms with Crippen molar-refractivity contribution in [2.75, 3.05) is 11.1 Å². The number of carbonyl (C=O) groups is 1. The van der Waals surface area contributed by atoms with Gasteiger partial charge in [-0.2, -0.15) is 13.2 Å². The minimum absolute atomic E-state index is 0.135. The molecule has 0 aliphatic rings. The molecule has 0 atom stereocenters. The van der Waals surface area contributed by atoms with Crippen LogP contribution in [0.5, 0.6) is 0 Å². The van der Waals surface area contributed by atoms with Gasteiger partial charge in [-0.05, 0) is 19.1 Å². The van der Waals surface area contributed by atoms with Gasteiger partial charge in [0, 0.05) is 13.1 Å². The average molecular weight is 375 g/mol. The Morgan fingerprint density at radius 3 is 2.60 bits per heavy atom. The van der Waals surface area contributed by atoms with Crippen molar-refractivity contribution in [1.82, 2.24) is 14.8 Å². The third kappa shape index (κ3) is 4.47. The first-order valence-corrected chi connectivity index (χ1v) is 7.72. The van der Waals surface area contributed by atoms with Gasteiger partial charge in [-0.15, -0.1) is 10.2 Å². The standard InChI is InChI=1S/C13H12F3N5O3S/c1-7-18-19-12(20(7)2)25-6-11(22)17-9-4-3-8(13(14,15)16)5-10(9)21(23)24/h3-5H,6H2,1-2H3,(H,17,22). The molecular formula is C13H12F3N5O3S. The number of benzene rings is 1. The maximum absolute atomic E-state index is 12.6. The topological polar surface area (TPSA) is 103 Å². The zero-order chi connectivity index (χ0) is 18.8. The number of nitrogens with one attached hydrogen (secondary N) is 1. The third-order valence-electron chi connectivity index (χ3n) is 3.18. The number of thioether (sulfide) groups is 1. The minimum atomic E-state index is -4.72. The fourth-order valence-corrected chi connectivity index (χ4v) is 2.55. The second-order valence-corrected chi connectivity index (χ2v) is 5.85. The van der Waals surface area contributed by atoms with E-state index in [1.807, 2.05) is 0 Å². The maximum Gasteiger partial charge on any atom is 0.416 e. The lowest BCUT2D eigenvalue weighted by Crippen LogP contribution is -2.16. The lowest BCUT2D eigenvalue weighted by atomic mass is 10.1. The van der Waals surface area contributed by atoms with Crippen LogP contribution >= 0.6 is 11.8 Å². The number of hydrogen-bond acceptors (Lipinski definition) is 6. The highest BCUT2D eigenvalue weighted by Crippen LogP contribution is 2.35. The lowest BCUT2D eigenvalue weighted by Gasteiger charge is -2.09. The van der Waals surface area contributed by atoms with E-state index in [9.17, 15) is 28.1 Å². The number of halogens is 3. The Balaban J connectivity index is 2.12. The molecule has 1 aromatic carbocycles. The second-order valence-electron chi connectivity index (χ2n) is 4.91. The number of rotatable bonds is 5. The number of alkyl halides is 3. The molecule has 8 nitrogen and oxygen atoms in total. The monoisotopic (exact) mass is 375 g/mol. The van der Waals surface area contributed by atoms with Crippen molar-refractivity contribution in [3.8, 4) is 0 Å². The summed E-state index contributed by atoms with van der Waals surface area (Å²) < 4.78 is 39.6. The van der Waals surface area contributed by atoms with Gasteiger partial charge in [0.1, 0.15) is 11.5 Å². The molecular weight excluding hydrogens is 363 g/mol. The van der Waals surface area contributed by atoms with E-state index < -0.39 is 28.3 Å². The number of hydrogen-bond donors (Lipinski definition) is 1. The summed E-state index contributed by atoms with van der Waals surface area (Å²) in [4.78, 5) is 21.9. The first kappa shape index (κ1) is 18.7. The Morgan fingerprint density at radius 1 is 1.40 bits per heavy atom. The number of aromatic nitrogens is 3. The van der Waals surface area contributed by atoms with Crippen LogP contribution in [0.2, 0.25) is 0 Å².